The summed E-state index contributed by atoms with van der Waals surface area (Å²) in [5.41, 5.74) is 8.23. The maximum atomic E-state index is 10.4. The number of hydrogen-bond donors (Lipinski definition) is 0. The van der Waals surface area contributed by atoms with E-state index < -0.39 is 0 Å². The molecule has 0 unspecified atom stereocenters. The zero-order chi connectivity index (χ0) is 26.2. The molecule has 6 rings (SSSR count). The first-order valence-electron chi connectivity index (χ1n) is 12.2. The standard InChI is InChI=1S/C33H21Br2N3/c1-38-32(23-8-4-2-5-9-23)29-28(21-12-16-25(34)17-13-21)27(20-36)37-31(22-14-18-26(35)19-15-22)30(29)33(38)24-10-6-3-7-11-24/h2-19H,1H3. The third-order valence-corrected chi connectivity index (χ3v) is 7.85. The Morgan fingerprint density at radius 2 is 1.08 bits per heavy atom. The summed E-state index contributed by atoms with van der Waals surface area (Å²) < 4.78 is 4.23. The molecular formula is C33H21Br2N3. The molecule has 0 aliphatic rings. The minimum Gasteiger partial charge on any atom is -0.343 e. The van der Waals surface area contributed by atoms with Gasteiger partial charge in [0.15, 0.2) is 0 Å². The van der Waals surface area contributed by atoms with E-state index in [1.54, 1.807) is 0 Å². The zero-order valence-corrected chi connectivity index (χ0v) is 23.7. The molecule has 0 saturated carbocycles. The van der Waals surface area contributed by atoms with E-state index >= 15 is 0 Å². The van der Waals surface area contributed by atoms with Crippen LogP contribution in [-0.4, -0.2) is 9.55 Å². The van der Waals surface area contributed by atoms with Crippen LogP contribution >= 0.6 is 31.9 Å². The van der Waals surface area contributed by atoms with E-state index in [4.69, 9.17) is 4.98 Å². The van der Waals surface area contributed by atoms with Crippen molar-refractivity contribution in [3.63, 3.8) is 0 Å². The molecule has 0 spiro atoms. The highest BCUT2D eigenvalue weighted by Crippen LogP contribution is 2.47. The van der Waals surface area contributed by atoms with E-state index in [0.29, 0.717) is 5.69 Å². The SMILES string of the molecule is Cn1c(-c2ccccc2)c2c(-c3ccc(Br)cc3)nc(C#N)c(-c3ccc(Br)cc3)c2c1-c1ccccc1. The van der Waals surface area contributed by atoms with Crippen molar-refractivity contribution < 1.29 is 0 Å². The van der Waals surface area contributed by atoms with Crippen LogP contribution in [0.2, 0.25) is 0 Å². The predicted octanol–water partition coefficient (Wildman–Crippen LogP) is 9.64. The summed E-state index contributed by atoms with van der Waals surface area (Å²) in [4.78, 5) is 5.05. The maximum absolute atomic E-state index is 10.4. The van der Waals surface area contributed by atoms with Crippen molar-refractivity contribution in [3.8, 4) is 51.0 Å². The highest BCUT2D eigenvalue weighted by atomic mass is 79.9. The van der Waals surface area contributed by atoms with Gasteiger partial charge in [-0.2, -0.15) is 5.26 Å². The molecule has 2 aromatic heterocycles. The number of rotatable bonds is 4. The van der Waals surface area contributed by atoms with Crippen LogP contribution in [0.15, 0.2) is 118 Å². The van der Waals surface area contributed by atoms with E-state index in [9.17, 15) is 5.26 Å². The molecule has 4 aromatic carbocycles. The van der Waals surface area contributed by atoms with E-state index in [0.717, 1.165) is 64.6 Å². The van der Waals surface area contributed by atoms with Gasteiger partial charge in [-0.15, -0.1) is 0 Å². The molecule has 0 fully saturated rings. The summed E-state index contributed by atoms with van der Waals surface area (Å²) in [5, 5.41) is 12.5. The fourth-order valence-electron chi connectivity index (χ4n) is 5.16. The van der Waals surface area contributed by atoms with Crippen molar-refractivity contribution >= 4 is 42.6 Å². The molecule has 38 heavy (non-hydrogen) atoms. The summed E-state index contributed by atoms with van der Waals surface area (Å²) >= 11 is 7.12. The number of benzene rings is 4. The highest BCUT2D eigenvalue weighted by Gasteiger charge is 2.27. The van der Waals surface area contributed by atoms with E-state index in [1.165, 1.54) is 0 Å². The van der Waals surface area contributed by atoms with Gasteiger partial charge in [0.1, 0.15) is 11.8 Å². The highest BCUT2D eigenvalue weighted by molar-refractivity contribution is 9.10. The molecule has 5 heteroatoms. The first-order valence-corrected chi connectivity index (χ1v) is 13.7. The number of aromatic nitrogens is 2. The number of hydrogen-bond acceptors (Lipinski definition) is 2. The number of fused-ring (bicyclic) bond motifs is 1. The predicted molar refractivity (Wildman–Crippen MR) is 163 cm³/mol. The second-order valence-corrected chi connectivity index (χ2v) is 10.9. The molecule has 182 valence electrons. The van der Waals surface area contributed by atoms with Crippen molar-refractivity contribution in [2.24, 2.45) is 7.05 Å². The molecule has 0 atom stereocenters. The minimum absolute atomic E-state index is 0.403. The van der Waals surface area contributed by atoms with Crippen LogP contribution in [0, 0.1) is 11.3 Å². The number of nitrogens with zero attached hydrogens (tertiary/aromatic N) is 3. The summed E-state index contributed by atoms with van der Waals surface area (Å²) in [6.07, 6.45) is 0. The topological polar surface area (TPSA) is 41.6 Å². The van der Waals surface area contributed by atoms with Crippen LogP contribution in [0.4, 0.5) is 0 Å². The van der Waals surface area contributed by atoms with Crippen LogP contribution in [0.3, 0.4) is 0 Å². The number of halogens is 2. The van der Waals surface area contributed by atoms with Gasteiger partial charge in [-0.25, -0.2) is 4.98 Å². The van der Waals surface area contributed by atoms with Gasteiger partial charge in [0.25, 0.3) is 0 Å². The Hall–Kier alpha value is -3.98. The fourth-order valence-corrected chi connectivity index (χ4v) is 5.69. The van der Waals surface area contributed by atoms with Gasteiger partial charge in [0, 0.05) is 37.9 Å². The number of pyridine rings is 1. The molecule has 3 nitrogen and oxygen atoms in total. The molecule has 0 aliphatic heterocycles. The van der Waals surface area contributed by atoms with Crippen molar-refractivity contribution in [3.05, 3.63) is 124 Å². The average molecular weight is 619 g/mol. The molecular weight excluding hydrogens is 598 g/mol. The average Bonchev–Trinajstić information content (AvgIpc) is 3.26. The van der Waals surface area contributed by atoms with Crippen molar-refractivity contribution in [1.29, 1.82) is 5.26 Å². The summed E-state index contributed by atoms with van der Waals surface area (Å²) in [6, 6.07) is 39.5. The molecule has 0 amide bonds. The summed E-state index contributed by atoms with van der Waals surface area (Å²) in [7, 11) is 2.10. The van der Waals surface area contributed by atoms with Crippen LogP contribution in [0.5, 0.6) is 0 Å². The molecule has 2 heterocycles. The Morgan fingerprint density at radius 3 is 1.58 bits per heavy atom. The van der Waals surface area contributed by atoms with Gasteiger partial charge in [-0.05, 0) is 41.0 Å². The lowest BCUT2D eigenvalue weighted by Gasteiger charge is -2.13. The number of nitriles is 1. The van der Waals surface area contributed by atoms with Crippen molar-refractivity contribution in [1.82, 2.24) is 9.55 Å². The largest absolute Gasteiger partial charge is 0.343 e. The van der Waals surface area contributed by atoms with Crippen molar-refractivity contribution in [2.75, 3.05) is 0 Å². The second-order valence-electron chi connectivity index (χ2n) is 9.05. The summed E-state index contributed by atoms with van der Waals surface area (Å²) in [5.74, 6) is 0. The molecule has 0 aliphatic carbocycles. The lowest BCUT2D eigenvalue weighted by Crippen LogP contribution is -1.96. The quantitative estimate of drug-likeness (QED) is 0.197. The first kappa shape index (κ1) is 24.4. The van der Waals surface area contributed by atoms with E-state index in [-0.39, 0.29) is 0 Å². The lowest BCUT2D eigenvalue weighted by atomic mass is 9.92. The van der Waals surface area contributed by atoms with Crippen molar-refractivity contribution in [2.45, 2.75) is 0 Å². The van der Waals surface area contributed by atoms with Gasteiger partial charge in [-0.3, -0.25) is 0 Å². The monoisotopic (exact) mass is 617 g/mol. The minimum atomic E-state index is 0.403. The molecule has 6 aromatic rings. The first-order chi connectivity index (χ1) is 18.6. The van der Waals surface area contributed by atoms with Gasteiger partial charge in [-0.1, -0.05) is 117 Å². The Bertz CT molecular complexity index is 1820. The Balaban J connectivity index is 1.87. The lowest BCUT2D eigenvalue weighted by molar-refractivity contribution is 0.951. The van der Waals surface area contributed by atoms with E-state index in [2.05, 4.69) is 110 Å². The smallest absolute Gasteiger partial charge is 0.149 e. The van der Waals surface area contributed by atoms with Gasteiger partial charge < -0.3 is 4.57 Å². The van der Waals surface area contributed by atoms with Crippen LogP contribution < -0.4 is 0 Å². The normalized spacial score (nSPS) is 11.0. The second kappa shape index (κ2) is 10.1. The molecule has 0 radical (unpaired) electrons. The Kier molecular flexibility index (Phi) is 6.45. The molecule has 0 N–H and O–H groups in total. The van der Waals surface area contributed by atoms with Gasteiger partial charge in [0.2, 0.25) is 0 Å². The van der Waals surface area contributed by atoms with Gasteiger partial charge in [0.05, 0.1) is 17.1 Å². The molecule has 0 saturated heterocycles. The third kappa shape index (κ3) is 4.16. The fraction of sp³-hybridized carbons (Fsp3) is 0.0303. The van der Waals surface area contributed by atoms with Gasteiger partial charge >= 0.3 is 0 Å². The third-order valence-electron chi connectivity index (χ3n) is 6.79. The van der Waals surface area contributed by atoms with Crippen LogP contribution in [0.1, 0.15) is 5.69 Å². The van der Waals surface area contributed by atoms with Crippen LogP contribution in [0.25, 0.3) is 55.7 Å². The Labute approximate surface area is 238 Å². The van der Waals surface area contributed by atoms with E-state index in [1.807, 2.05) is 48.5 Å². The van der Waals surface area contributed by atoms with Crippen LogP contribution in [-0.2, 0) is 7.05 Å². The Morgan fingerprint density at radius 1 is 0.605 bits per heavy atom. The zero-order valence-electron chi connectivity index (χ0n) is 20.5. The maximum Gasteiger partial charge on any atom is 0.149 e. The summed E-state index contributed by atoms with van der Waals surface area (Å²) in [6.45, 7) is 0. The molecule has 0 bridgehead atoms.